The van der Waals surface area contributed by atoms with Crippen LogP contribution in [0.5, 0.6) is 17.2 Å². The van der Waals surface area contributed by atoms with Gasteiger partial charge in [-0.05, 0) is 19.1 Å². The van der Waals surface area contributed by atoms with E-state index in [4.69, 9.17) is 20.1 Å². The van der Waals surface area contributed by atoms with Crippen molar-refractivity contribution in [3.8, 4) is 17.2 Å². The van der Waals surface area contributed by atoms with Crippen LogP contribution in [0.4, 0.5) is 0 Å². The summed E-state index contributed by atoms with van der Waals surface area (Å²) in [6.07, 6.45) is 0. The zero-order valence-corrected chi connectivity index (χ0v) is 9.78. The zero-order chi connectivity index (χ0) is 12.0. The quantitative estimate of drug-likeness (QED) is 0.746. The Labute approximate surface area is 95.0 Å². The largest absolute Gasteiger partial charge is 0.493 e. The Bertz CT molecular complexity index is 341. The van der Waals surface area contributed by atoms with Crippen LogP contribution in [0.1, 0.15) is 12.5 Å². The molecule has 0 saturated heterocycles. The first kappa shape index (κ1) is 12.6. The van der Waals surface area contributed by atoms with Gasteiger partial charge in [-0.1, -0.05) is 0 Å². The first-order valence-electron chi connectivity index (χ1n) is 4.96. The summed E-state index contributed by atoms with van der Waals surface area (Å²) in [7, 11) is 3.14. The summed E-state index contributed by atoms with van der Waals surface area (Å²) in [5.41, 5.74) is 0.821. The molecule has 0 aliphatic rings. The van der Waals surface area contributed by atoms with E-state index < -0.39 is 0 Å². The summed E-state index contributed by atoms with van der Waals surface area (Å²) in [5, 5.41) is 0. The van der Waals surface area contributed by atoms with Gasteiger partial charge in [0, 0.05) is 5.56 Å². The van der Waals surface area contributed by atoms with Crippen LogP contribution >= 0.6 is 0 Å². The number of benzene rings is 1. The molecule has 0 aliphatic carbocycles. The van der Waals surface area contributed by atoms with E-state index in [1.54, 1.807) is 20.3 Å². The lowest BCUT2D eigenvalue weighted by Gasteiger charge is -2.16. The van der Waals surface area contributed by atoms with Crippen molar-refractivity contribution in [2.24, 2.45) is 5.90 Å². The van der Waals surface area contributed by atoms with Gasteiger partial charge in [0.15, 0.2) is 11.5 Å². The van der Waals surface area contributed by atoms with E-state index in [9.17, 15) is 0 Å². The van der Waals surface area contributed by atoms with Crippen molar-refractivity contribution in [3.63, 3.8) is 0 Å². The smallest absolute Gasteiger partial charge is 0.203 e. The SMILES string of the molecule is CCOc1c(CON)ccc(OC)c1OC. The van der Waals surface area contributed by atoms with Crippen molar-refractivity contribution in [1.82, 2.24) is 0 Å². The normalized spacial score (nSPS) is 10.0. The average Bonchev–Trinajstić information content (AvgIpc) is 2.31. The van der Waals surface area contributed by atoms with E-state index in [2.05, 4.69) is 4.84 Å². The topological polar surface area (TPSA) is 62.9 Å². The second-order valence-electron chi connectivity index (χ2n) is 3.03. The molecule has 2 N–H and O–H groups in total. The molecule has 0 aromatic heterocycles. The second-order valence-corrected chi connectivity index (χ2v) is 3.03. The third kappa shape index (κ3) is 2.56. The van der Waals surface area contributed by atoms with Crippen molar-refractivity contribution in [2.45, 2.75) is 13.5 Å². The minimum Gasteiger partial charge on any atom is -0.493 e. The minimum atomic E-state index is 0.260. The molecule has 0 atom stereocenters. The molecule has 0 aliphatic heterocycles. The molecule has 0 radical (unpaired) electrons. The highest BCUT2D eigenvalue weighted by Gasteiger charge is 2.15. The van der Waals surface area contributed by atoms with Crippen LogP contribution in [0.15, 0.2) is 12.1 Å². The number of nitrogens with two attached hydrogens (primary N) is 1. The van der Waals surface area contributed by atoms with Crippen molar-refractivity contribution < 1.29 is 19.0 Å². The number of methoxy groups -OCH3 is 2. The first-order valence-corrected chi connectivity index (χ1v) is 4.96. The molecule has 0 amide bonds. The van der Waals surface area contributed by atoms with E-state index in [-0.39, 0.29) is 6.61 Å². The second kappa shape index (κ2) is 6.19. The lowest BCUT2D eigenvalue weighted by Crippen LogP contribution is -2.05. The Morgan fingerprint density at radius 3 is 2.38 bits per heavy atom. The van der Waals surface area contributed by atoms with Crippen LogP contribution in [0.25, 0.3) is 0 Å². The maximum absolute atomic E-state index is 5.51. The number of hydrogen-bond acceptors (Lipinski definition) is 5. The summed E-state index contributed by atoms with van der Waals surface area (Å²) in [5.74, 6) is 6.84. The summed E-state index contributed by atoms with van der Waals surface area (Å²) in [4.78, 5) is 4.61. The molecule has 5 nitrogen and oxygen atoms in total. The monoisotopic (exact) mass is 227 g/mol. The van der Waals surface area contributed by atoms with Gasteiger partial charge >= 0.3 is 0 Å². The predicted octanol–water partition coefficient (Wildman–Crippen LogP) is 1.49. The van der Waals surface area contributed by atoms with E-state index in [1.165, 1.54) is 0 Å². The Morgan fingerprint density at radius 1 is 1.12 bits per heavy atom. The van der Waals surface area contributed by atoms with Gasteiger partial charge in [-0.2, -0.15) is 0 Å². The Morgan fingerprint density at radius 2 is 1.88 bits per heavy atom. The summed E-state index contributed by atoms with van der Waals surface area (Å²) in [6.45, 7) is 2.68. The standard InChI is InChI=1S/C11H17NO4/c1-4-15-10-8(7-16-12)5-6-9(13-2)11(10)14-3/h5-6H,4,7,12H2,1-3H3. The van der Waals surface area contributed by atoms with Crippen molar-refractivity contribution in [1.29, 1.82) is 0 Å². The van der Waals surface area contributed by atoms with E-state index >= 15 is 0 Å². The highest BCUT2D eigenvalue weighted by atomic mass is 16.6. The third-order valence-corrected chi connectivity index (χ3v) is 2.11. The van der Waals surface area contributed by atoms with Crippen molar-refractivity contribution in [2.75, 3.05) is 20.8 Å². The minimum absolute atomic E-state index is 0.260. The fourth-order valence-corrected chi connectivity index (χ4v) is 1.45. The van der Waals surface area contributed by atoms with Gasteiger partial charge in [0.25, 0.3) is 0 Å². The van der Waals surface area contributed by atoms with Crippen molar-refractivity contribution >= 4 is 0 Å². The van der Waals surface area contributed by atoms with E-state index in [0.717, 1.165) is 5.56 Å². The highest BCUT2D eigenvalue weighted by molar-refractivity contribution is 5.55. The number of hydrogen-bond donors (Lipinski definition) is 1. The molecule has 1 rings (SSSR count). The van der Waals surface area contributed by atoms with Crippen LogP contribution in [0.3, 0.4) is 0 Å². The lowest BCUT2D eigenvalue weighted by molar-refractivity contribution is 0.121. The van der Waals surface area contributed by atoms with Gasteiger partial charge in [0.1, 0.15) is 0 Å². The molecule has 0 saturated carbocycles. The molecular weight excluding hydrogens is 210 g/mol. The van der Waals surface area contributed by atoms with Crippen LogP contribution in [-0.2, 0) is 11.4 Å². The number of ether oxygens (including phenoxy) is 3. The average molecular weight is 227 g/mol. The van der Waals surface area contributed by atoms with Crippen LogP contribution in [0, 0.1) is 0 Å². The first-order chi connectivity index (χ1) is 7.78. The summed E-state index contributed by atoms with van der Waals surface area (Å²) in [6, 6.07) is 3.62. The van der Waals surface area contributed by atoms with E-state index in [1.807, 2.05) is 13.0 Å². The fraction of sp³-hybridized carbons (Fsp3) is 0.455. The Balaban J connectivity index is 3.20. The van der Waals surface area contributed by atoms with Gasteiger partial charge in [0.2, 0.25) is 5.75 Å². The van der Waals surface area contributed by atoms with Crippen molar-refractivity contribution in [3.05, 3.63) is 17.7 Å². The van der Waals surface area contributed by atoms with Gasteiger partial charge in [-0.3, -0.25) is 4.84 Å². The highest BCUT2D eigenvalue weighted by Crippen LogP contribution is 2.40. The molecule has 16 heavy (non-hydrogen) atoms. The van der Waals surface area contributed by atoms with Gasteiger partial charge in [-0.15, -0.1) is 0 Å². The molecule has 0 unspecified atom stereocenters. The number of rotatable bonds is 6. The zero-order valence-electron chi connectivity index (χ0n) is 9.78. The van der Waals surface area contributed by atoms with Crippen LogP contribution in [-0.4, -0.2) is 20.8 Å². The maximum Gasteiger partial charge on any atom is 0.203 e. The molecule has 0 heterocycles. The maximum atomic E-state index is 5.51. The molecule has 5 heteroatoms. The van der Waals surface area contributed by atoms with Gasteiger partial charge in [-0.25, -0.2) is 5.90 Å². The summed E-state index contributed by atoms with van der Waals surface area (Å²) >= 11 is 0. The third-order valence-electron chi connectivity index (χ3n) is 2.11. The predicted molar refractivity (Wildman–Crippen MR) is 59.7 cm³/mol. The molecule has 1 aromatic rings. The van der Waals surface area contributed by atoms with Gasteiger partial charge in [0.05, 0.1) is 27.4 Å². The molecule has 1 aromatic carbocycles. The Hall–Kier alpha value is -1.46. The van der Waals surface area contributed by atoms with Crippen LogP contribution in [0.2, 0.25) is 0 Å². The molecule has 90 valence electrons. The van der Waals surface area contributed by atoms with Gasteiger partial charge < -0.3 is 14.2 Å². The van der Waals surface area contributed by atoms with Crippen LogP contribution < -0.4 is 20.1 Å². The molecule has 0 fully saturated rings. The Kier molecular flexibility index (Phi) is 4.88. The lowest BCUT2D eigenvalue weighted by atomic mass is 10.2. The molecular formula is C11H17NO4. The van der Waals surface area contributed by atoms with E-state index in [0.29, 0.717) is 23.9 Å². The fourth-order valence-electron chi connectivity index (χ4n) is 1.45. The molecule has 0 bridgehead atoms. The molecule has 0 spiro atoms. The summed E-state index contributed by atoms with van der Waals surface area (Å²) < 4.78 is 16.0.